The zero-order valence-electron chi connectivity index (χ0n) is 9.14. The third kappa shape index (κ3) is 2.96. The van der Waals surface area contributed by atoms with Gasteiger partial charge >= 0.3 is 0 Å². The maximum atomic E-state index is 8.78. The van der Waals surface area contributed by atoms with Gasteiger partial charge in [0.1, 0.15) is 16.7 Å². The Balaban J connectivity index is 2.28. The van der Waals surface area contributed by atoms with Gasteiger partial charge in [0.25, 0.3) is 0 Å². The molecule has 0 spiro atoms. The highest BCUT2D eigenvalue weighted by Gasteiger charge is 2.02. The Morgan fingerprint density at radius 3 is 2.76 bits per heavy atom. The number of aryl methyl sites for hydroxylation is 1. The molecule has 4 heteroatoms. The van der Waals surface area contributed by atoms with Crippen molar-refractivity contribution in [2.45, 2.75) is 6.92 Å². The predicted octanol–water partition coefficient (Wildman–Crippen LogP) is 3.71. The largest absolute Gasteiger partial charge is 0.457 e. The second-order valence-electron chi connectivity index (χ2n) is 3.51. The van der Waals surface area contributed by atoms with Gasteiger partial charge in [-0.3, -0.25) is 0 Å². The lowest BCUT2D eigenvalue weighted by molar-refractivity contribution is 0.481. The maximum Gasteiger partial charge on any atom is 0.133 e. The minimum absolute atomic E-state index is 0.386. The molecule has 0 aliphatic heterocycles. The van der Waals surface area contributed by atoms with Crippen molar-refractivity contribution < 1.29 is 4.74 Å². The molecule has 0 atom stereocenters. The van der Waals surface area contributed by atoms with Crippen molar-refractivity contribution in [2.24, 2.45) is 0 Å². The van der Waals surface area contributed by atoms with Gasteiger partial charge in [0.2, 0.25) is 0 Å². The standard InChI is InChI=1S/C13H9ClN2O/c1-9-5-12(7-13(14)16-9)17-11-4-2-3-10(6-11)8-15/h2-7H,1H3. The molecule has 0 aliphatic carbocycles. The van der Waals surface area contributed by atoms with Gasteiger partial charge in [-0.25, -0.2) is 4.98 Å². The van der Waals surface area contributed by atoms with E-state index < -0.39 is 0 Å². The van der Waals surface area contributed by atoms with Crippen molar-refractivity contribution in [1.82, 2.24) is 4.98 Å². The van der Waals surface area contributed by atoms with Gasteiger partial charge in [-0.05, 0) is 25.1 Å². The first-order chi connectivity index (χ1) is 8.17. The van der Waals surface area contributed by atoms with Gasteiger partial charge in [-0.1, -0.05) is 17.7 Å². The summed E-state index contributed by atoms with van der Waals surface area (Å²) in [5.74, 6) is 1.21. The number of nitriles is 1. The fourth-order valence-electron chi connectivity index (χ4n) is 1.42. The Morgan fingerprint density at radius 1 is 1.24 bits per heavy atom. The van der Waals surface area contributed by atoms with E-state index in [0.29, 0.717) is 22.2 Å². The number of hydrogen-bond donors (Lipinski definition) is 0. The molecule has 0 aliphatic rings. The summed E-state index contributed by atoms with van der Waals surface area (Å²) in [6.45, 7) is 1.84. The van der Waals surface area contributed by atoms with Gasteiger partial charge in [-0.15, -0.1) is 0 Å². The molecule has 2 rings (SSSR count). The van der Waals surface area contributed by atoms with Crippen molar-refractivity contribution in [3.63, 3.8) is 0 Å². The van der Waals surface area contributed by atoms with Crippen LogP contribution in [0.5, 0.6) is 11.5 Å². The van der Waals surface area contributed by atoms with E-state index in [1.807, 2.05) is 6.92 Å². The molecule has 3 nitrogen and oxygen atoms in total. The monoisotopic (exact) mass is 244 g/mol. The van der Waals surface area contributed by atoms with Crippen LogP contribution in [0.15, 0.2) is 36.4 Å². The molecule has 1 aromatic carbocycles. The molecule has 1 heterocycles. The van der Waals surface area contributed by atoms with Crippen LogP contribution in [0.4, 0.5) is 0 Å². The molecule has 0 saturated heterocycles. The smallest absolute Gasteiger partial charge is 0.133 e. The third-order valence-electron chi connectivity index (χ3n) is 2.09. The van der Waals surface area contributed by atoms with Crippen LogP contribution < -0.4 is 4.74 Å². The molecular formula is C13H9ClN2O. The minimum atomic E-state index is 0.386. The number of hydrogen-bond acceptors (Lipinski definition) is 3. The van der Waals surface area contributed by atoms with Crippen LogP contribution in [-0.4, -0.2) is 4.98 Å². The van der Waals surface area contributed by atoms with E-state index in [1.54, 1.807) is 36.4 Å². The van der Waals surface area contributed by atoms with E-state index in [1.165, 1.54) is 0 Å². The highest BCUT2D eigenvalue weighted by molar-refractivity contribution is 6.29. The first-order valence-corrected chi connectivity index (χ1v) is 5.37. The van der Waals surface area contributed by atoms with Crippen LogP contribution in [0.3, 0.4) is 0 Å². The zero-order valence-corrected chi connectivity index (χ0v) is 9.90. The average molecular weight is 245 g/mol. The summed E-state index contributed by atoms with van der Waals surface area (Å²) < 4.78 is 5.61. The van der Waals surface area contributed by atoms with Crippen LogP contribution in [0.25, 0.3) is 0 Å². The van der Waals surface area contributed by atoms with Gasteiger partial charge in [-0.2, -0.15) is 5.26 Å². The van der Waals surface area contributed by atoms with E-state index >= 15 is 0 Å². The number of pyridine rings is 1. The van der Waals surface area contributed by atoms with Crippen molar-refractivity contribution >= 4 is 11.6 Å². The van der Waals surface area contributed by atoms with Crippen LogP contribution in [-0.2, 0) is 0 Å². The first kappa shape index (κ1) is 11.4. The molecule has 84 valence electrons. The lowest BCUT2D eigenvalue weighted by Crippen LogP contribution is -1.88. The highest BCUT2D eigenvalue weighted by atomic mass is 35.5. The summed E-state index contributed by atoms with van der Waals surface area (Å²) in [7, 11) is 0. The number of ether oxygens (including phenoxy) is 1. The summed E-state index contributed by atoms with van der Waals surface area (Å²) in [4.78, 5) is 4.04. The molecular weight excluding hydrogens is 236 g/mol. The van der Waals surface area contributed by atoms with E-state index in [-0.39, 0.29) is 0 Å². The van der Waals surface area contributed by atoms with Crippen LogP contribution >= 0.6 is 11.6 Å². The van der Waals surface area contributed by atoms with Gasteiger partial charge < -0.3 is 4.74 Å². The van der Waals surface area contributed by atoms with E-state index in [9.17, 15) is 0 Å². The molecule has 0 N–H and O–H groups in total. The Labute approximate surface area is 104 Å². The maximum absolute atomic E-state index is 8.78. The van der Waals surface area contributed by atoms with Crippen molar-refractivity contribution in [3.05, 3.63) is 52.8 Å². The minimum Gasteiger partial charge on any atom is -0.457 e. The quantitative estimate of drug-likeness (QED) is 0.757. The van der Waals surface area contributed by atoms with E-state index in [2.05, 4.69) is 11.1 Å². The second-order valence-corrected chi connectivity index (χ2v) is 3.90. The fraction of sp³-hybridized carbons (Fsp3) is 0.0769. The number of benzene rings is 1. The Hall–Kier alpha value is -2.05. The van der Waals surface area contributed by atoms with Crippen molar-refractivity contribution in [1.29, 1.82) is 5.26 Å². The molecule has 0 fully saturated rings. The third-order valence-corrected chi connectivity index (χ3v) is 2.29. The summed E-state index contributed by atoms with van der Waals surface area (Å²) in [5.41, 5.74) is 1.34. The molecule has 2 aromatic rings. The normalized spacial score (nSPS) is 9.71. The summed E-state index contributed by atoms with van der Waals surface area (Å²) >= 11 is 5.83. The number of aromatic nitrogens is 1. The van der Waals surface area contributed by atoms with Crippen LogP contribution in [0, 0.1) is 18.3 Å². The average Bonchev–Trinajstić information content (AvgIpc) is 2.28. The van der Waals surface area contributed by atoms with E-state index in [0.717, 1.165) is 5.69 Å². The van der Waals surface area contributed by atoms with Crippen molar-refractivity contribution in [3.8, 4) is 17.6 Å². The first-order valence-electron chi connectivity index (χ1n) is 4.99. The predicted molar refractivity (Wildman–Crippen MR) is 65.2 cm³/mol. The van der Waals surface area contributed by atoms with Crippen LogP contribution in [0.1, 0.15) is 11.3 Å². The number of nitrogens with zero attached hydrogens (tertiary/aromatic N) is 2. The molecule has 0 saturated carbocycles. The molecule has 0 bridgehead atoms. The lowest BCUT2D eigenvalue weighted by Gasteiger charge is -2.06. The Kier molecular flexibility index (Phi) is 3.27. The molecule has 0 radical (unpaired) electrons. The fourth-order valence-corrected chi connectivity index (χ4v) is 1.66. The molecule has 1 aromatic heterocycles. The topological polar surface area (TPSA) is 45.9 Å². The van der Waals surface area contributed by atoms with Gasteiger partial charge in [0, 0.05) is 17.8 Å². The highest BCUT2D eigenvalue weighted by Crippen LogP contribution is 2.24. The Bertz CT molecular complexity index is 570. The zero-order chi connectivity index (χ0) is 12.3. The number of halogens is 1. The summed E-state index contributed by atoms with van der Waals surface area (Å²) in [6, 6.07) is 12.4. The van der Waals surface area contributed by atoms with E-state index in [4.69, 9.17) is 21.6 Å². The second kappa shape index (κ2) is 4.86. The van der Waals surface area contributed by atoms with Gasteiger partial charge in [0.15, 0.2) is 0 Å². The summed E-state index contributed by atoms with van der Waals surface area (Å²) in [5, 5.41) is 9.17. The lowest BCUT2D eigenvalue weighted by atomic mass is 10.2. The molecule has 17 heavy (non-hydrogen) atoms. The molecule has 0 amide bonds. The summed E-state index contributed by atoms with van der Waals surface area (Å²) in [6.07, 6.45) is 0. The van der Waals surface area contributed by atoms with Crippen LogP contribution in [0.2, 0.25) is 5.15 Å². The van der Waals surface area contributed by atoms with Crippen molar-refractivity contribution in [2.75, 3.05) is 0 Å². The SMILES string of the molecule is Cc1cc(Oc2cccc(C#N)c2)cc(Cl)n1. The van der Waals surface area contributed by atoms with Gasteiger partial charge in [0.05, 0.1) is 11.6 Å². The number of rotatable bonds is 2. The Morgan fingerprint density at radius 2 is 2.06 bits per heavy atom. The molecule has 0 unspecified atom stereocenters.